The maximum absolute atomic E-state index is 10.5. The zero-order chi connectivity index (χ0) is 16.8. The molecule has 4 nitrogen and oxygen atoms in total. The van der Waals surface area contributed by atoms with Gasteiger partial charge in [0, 0.05) is 12.6 Å². The molecule has 1 N–H and O–H groups in total. The lowest BCUT2D eigenvalue weighted by Gasteiger charge is -2.40. The van der Waals surface area contributed by atoms with Gasteiger partial charge in [-0.3, -0.25) is 0 Å². The summed E-state index contributed by atoms with van der Waals surface area (Å²) < 4.78 is 5.46. The van der Waals surface area contributed by atoms with Crippen molar-refractivity contribution < 1.29 is 9.84 Å². The average molecular weight is 332 g/mol. The normalized spacial score (nSPS) is 22.4. The summed E-state index contributed by atoms with van der Waals surface area (Å²) in [5.74, 6) is 0.871. The number of β-amino-alcohol motifs (C(OH)–C–C–N with tert-alkyl or cyclic N) is 1. The molecule has 134 valence electrons. The van der Waals surface area contributed by atoms with Crippen molar-refractivity contribution >= 4 is 0 Å². The quantitative estimate of drug-likeness (QED) is 0.868. The smallest absolute Gasteiger partial charge is 0.119 e. The van der Waals surface area contributed by atoms with E-state index in [-0.39, 0.29) is 0 Å². The summed E-state index contributed by atoms with van der Waals surface area (Å²) in [6.45, 7) is 8.19. The minimum Gasteiger partial charge on any atom is -0.494 e. The molecule has 2 aliphatic rings. The Kier molecular flexibility index (Phi) is 6.52. The Bertz CT molecular complexity index is 477. The lowest BCUT2D eigenvalue weighted by atomic mass is 9.99. The van der Waals surface area contributed by atoms with Crippen LogP contribution in [0.5, 0.6) is 5.75 Å². The highest BCUT2D eigenvalue weighted by Gasteiger charge is 2.26. The molecule has 0 aromatic heterocycles. The van der Waals surface area contributed by atoms with Gasteiger partial charge in [-0.05, 0) is 76.5 Å². The number of hydrogen-bond acceptors (Lipinski definition) is 4. The fraction of sp³-hybridized carbons (Fsp3) is 0.700. The van der Waals surface area contributed by atoms with E-state index < -0.39 is 6.10 Å². The second kappa shape index (κ2) is 8.84. The zero-order valence-corrected chi connectivity index (χ0v) is 15.0. The fourth-order valence-electron chi connectivity index (χ4n) is 4.05. The Hall–Kier alpha value is -1.10. The van der Waals surface area contributed by atoms with Gasteiger partial charge in [0.2, 0.25) is 0 Å². The molecule has 0 spiro atoms. The molecule has 1 atom stereocenters. The number of likely N-dealkylation sites (tertiary alicyclic amines) is 2. The van der Waals surface area contributed by atoms with Crippen LogP contribution in [0.1, 0.15) is 50.7 Å². The molecule has 0 radical (unpaired) electrons. The van der Waals surface area contributed by atoms with E-state index in [1.807, 2.05) is 31.2 Å². The van der Waals surface area contributed by atoms with Gasteiger partial charge in [-0.15, -0.1) is 0 Å². The van der Waals surface area contributed by atoms with E-state index in [4.69, 9.17) is 4.74 Å². The second-order valence-electron chi connectivity index (χ2n) is 7.15. The molecule has 0 amide bonds. The molecule has 0 aliphatic carbocycles. The lowest BCUT2D eigenvalue weighted by molar-refractivity contribution is 0.0601. The van der Waals surface area contributed by atoms with Gasteiger partial charge >= 0.3 is 0 Å². The van der Waals surface area contributed by atoms with Gasteiger partial charge in [0.15, 0.2) is 0 Å². The Morgan fingerprint density at radius 2 is 1.71 bits per heavy atom. The molecule has 2 fully saturated rings. The molecule has 1 aromatic rings. The largest absolute Gasteiger partial charge is 0.494 e. The van der Waals surface area contributed by atoms with Gasteiger partial charge < -0.3 is 19.6 Å². The highest BCUT2D eigenvalue weighted by atomic mass is 16.5. The lowest BCUT2D eigenvalue weighted by Crippen LogP contribution is -2.47. The fourth-order valence-corrected chi connectivity index (χ4v) is 4.05. The minimum atomic E-state index is -0.410. The summed E-state index contributed by atoms with van der Waals surface area (Å²) in [6, 6.07) is 8.63. The molecule has 4 heteroatoms. The van der Waals surface area contributed by atoms with E-state index in [0.717, 1.165) is 37.0 Å². The van der Waals surface area contributed by atoms with Crippen LogP contribution in [0.4, 0.5) is 0 Å². The summed E-state index contributed by atoms with van der Waals surface area (Å²) in [4.78, 5) is 5.12. The molecule has 0 saturated carbocycles. The van der Waals surface area contributed by atoms with Crippen LogP contribution in [-0.2, 0) is 0 Å². The van der Waals surface area contributed by atoms with Crippen LogP contribution in [-0.4, -0.2) is 60.3 Å². The van der Waals surface area contributed by atoms with Crippen LogP contribution in [0.2, 0.25) is 0 Å². The van der Waals surface area contributed by atoms with Crippen molar-refractivity contribution in [3.05, 3.63) is 29.8 Å². The van der Waals surface area contributed by atoms with E-state index in [2.05, 4.69) is 9.80 Å². The first-order valence-corrected chi connectivity index (χ1v) is 9.63. The molecule has 0 bridgehead atoms. The number of piperidine rings is 2. The molecule has 2 aliphatic heterocycles. The summed E-state index contributed by atoms with van der Waals surface area (Å²) in [6.07, 6.45) is 6.23. The number of aliphatic hydroxyl groups excluding tert-OH is 1. The number of aliphatic hydroxyl groups is 1. The van der Waals surface area contributed by atoms with Gasteiger partial charge in [-0.1, -0.05) is 18.6 Å². The molecular weight excluding hydrogens is 300 g/mol. The summed E-state index contributed by atoms with van der Waals surface area (Å²) in [5.41, 5.74) is 0.983. The van der Waals surface area contributed by atoms with Crippen LogP contribution in [0.15, 0.2) is 24.3 Å². The third-order valence-electron chi connectivity index (χ3n) is 5.47. The predicted octanol–water partition coefficient (Wildman–Crippen LogP) is 3.07. The Labute approximate surface area is 146 Å². The standard InChI is InChI=1S/C20H32N2O2/c1-2-24-19-8-6-17(7-9-19)20(23)16-21-14-10-18(11-15-21)22-12-4-3-5-13-22/h6-9,18,20,23H,2-5,10-16H2,1H3. The van der Waals surface area contributed by atoms with Crippen molar-refractivity contribution in [1.82, 2.24) is 9.80 Å². The number of hydrogen-bond donors (Lipinski definition) is 1. The third-order valence-corrected chi connectivity index (χ3v) is 5.47. The summed E-state index contributed by atoms with van der Waals surface area (Å²) in [5, 5.41) is 10.5. The van der Waals surface area contributed by atoms with Crippen molar-refractivity contribution in [1.29, 1.82) is 0 Å². The highest BCUT2D eigenvalue weighted by molar-refractivity contribution is 5.28. The molecule has 2 heterocycles. The monoisotopic (exact) mass is 332 g/mol. The first-order chi connectivity index (χ1) is 11.8. The number of rotatable bonds is 6. The predicted molar refractivity (Wildman–Crippen MR) is 97.5 cm³/mol. The van der Waals surface area contributed by atoms with Crippen molar-refractivity contribution in [2.75, 3.05) is 39.3 Å². The van der Waals surface area contributed by atoms with Crippen LogP contribution in [0, 0.1) is 0 Å². The van der Waals surface area contributed by atoms with Crippen molar-refractivity contribution in [2.24, 2.45) is 0 Å². The van der Waals surface area contributed by atoms with E-state index in [1.165, 1.54) is 45.2 Å². The summed E-state index contributed by atoms with van der Waals surface area (Å²) >= 11 is 0. The SMILES string of the molecule is CCOc1ccc(C(O)CN2CCC(N3CCCCC3)CC2)cc1. The van der Waals surface area contributed by atoms with Gasteiger partial charge in [-0.25, -0.2) is 0 Å². The molecule has 1 aromatic carbocycles. The number of ether oxygens (including phenoxy) is 1. The molecule has 24 heavy (non-hydrogen) atoms. The van der Waals surface area contributed by atoms with Gasteiger partial charge in [-0.2, -0.15) is 0 Å². The Morgan fingerprint density at radius 3 is 2.33 bits per heavy atom. The molecule has 2 saturated heterocycles. The van der Waals surface area contributed by atoms with Gasteiger partial charge in [0.05, 0.1) is 12.7 Å². The third kappa shape index (κ3) is 4.71. The number of nitrogens with zero attached hydrogens (tertiary/aromatic N) is 2. The minimum absolute atomic E-state index is 0.410. The topological polar surface area (TPSA) is 35.9 Å². The zero-order valence-electron chi connectivity index (χ0n) is 15.0. The van der Waals surface area contributed by atoms with Crippen LogP contribution in [0.25, 0.3) is 0 Å². The average Bonchev–Trinajstić information content (AvgIpc) is 2.64. The molecule has 3 rings (SSSR count). The molecular formula is C20H32N2O2. The highest BCUT2D eigenvalue weighted by Crippen LogP contribution is 2.23. The van der Waals surface area contributed by atoms with Gasteiger partial charge in [0.25, 0.3) is 0 Å². The van der Waals surface area contributed by atoms with E-state index in [1.54, 1.807) is 0 Å². The van der Waals surface area contributed by atoms with Crippen molar-refractivity contribution in [3.8, 4) is 5.75 Å². The Morgan fingerprint density at radius 1 is 1.04 bits per heavy atom. The first kappa shape index (κ1) is 17.7. The number of benzene rings is 1. The maximum atomic E-state index is 10.5. The van der Waals surface area contributed by atoms with E-state index in [0.29, 0.717) is 6.61 Å². The van der Waals surface area contributed by atoms with Crippen LogP contribution in [0.3, 0.4) is 0 Å². The summed E-state index contributed by atoms with van der Waals surface area (Å²) in [7, 11) is 0. The first-order valence-electron chi connectivity index (χ1n) is 9.63. The second-order valence-corrected chi connectivity index (χ2v) is 7.15. The van der Waals surface area contributed by atoms with Crippen molar-refractivity contribution in [3.63, 3.8) is 0 Å². The van der Waals surface area contributed by atoms with Crippen LogP contribution < -0.4 is 4.74 Å². The Balaban J connectivity index is 1.44. The van der Waals surface area contributed by atoms with Crippen LogP contribution >= 0.6 is 0 Å². The maximum Gasteiger partial charge on any atom is 0.119 e. The van der Waals surface area contributed by atoms with E-state index >= 15 is 0 Å². The molecule has 1 unspecified atom stereocenters. The van der Waals surface area contributed by atoms with Gasteiger partial charge in [0.1, 0.15) is 5.75 Å². The van der Waals surface area contributed by atoms with E-state index in [9.17, 15) is 5.11 Å². The van der Waals surface area contributed by atoms with Crippen molar-refractivity contribution in [2.45, 2.75) is 51.2 Å².